The Bertz CT molecular complexity index is 1380. The van der Waals surface area contributed by atoms with Crippen LogP contribution in [0.3, 0.4) is 0 Å². The van der Waals surface area contributed by atoms with Crippen LogP contribution in [-0.2, 0) is 4.79 Å². The van der Waals surface area contributed by atoms with Crippen LogP contribution >= 0.6 is 0 Å². The fraction of sp³-hybridized carbons (Fsp3) is 0.231. The Morgan fingerprint density at radius 1 is 1.18 bits per heavy atom. The summed E-state index contributed by atoms with van der Waals surface area (Å²) in [5, 5.41) is 17.7. The fourth-order valence-electron chi connectivity index (χ4n) is 3.72. The predicted molar refractivity (Wildman–Crippen MR) is 128 cm³/mol. The molecule has 0 fully saturated rings. The van der Waals surface area contributed by atoms with Gasteiger partial charge in [-0.1, -0.05) is 44.2 Å². The van der Waals surface area contributed by atoms with Gasteiger partial charge in [-0.25, -0.2) is 4.98 Å². The molecule has 0 radical (unpaired) electrons. The van der Waals surface area contributed by atoms with E-state index in [-0.39, 0.29) is 29.8 Å². The minimum atomic E-state index is -0.387. The van der Waals surface area contributed by atoms with Crippen molar-refractivity contribution >= 4 is 22.6 Å². The third-order valence-corrected chi connectivity index (χ3v) is 5.42. The number of nitriles is 1. The van der Waals surface area contributed by atoms with E-state index in [0.717, 1.165) is 27.6 Å². The molecule has 1 amide bonds. The van der Waals surface area contributed by atoms with E-state index in [1.165, 1.54) is 10.9 Å². The van der Waals surface area contributed by atoms with Crippen LogP contribution in [0.4, 0.5) is 5.82 Å². The SMILES string of the molecule is Cc1ccc(C(C)C)c(OCC(=O)Nc2c(C#N)cnn2-c2cc(C)c3ccccc3n2)c1. The van der Waals surface area contributed by atoms with Gasteiger partial charge in [0.15, 0.2) is 18.2 Å². The van der Waals surface area contributed by atoms with Gasteiger partial charge in [0.25, 0.3) is 5.91 Å². The highest BCUT2D eigenvalue weighted by Crippen LogP contribution is 2.28. The molecule has 0 aliphatic carbocycles. The third kappa shape index (κ3) is 4.55. The number of amides is 1. The normalized spacial score (nSPS) is 10.9. The molecule has 7 nitrogen and oxygen atoms in total. The minimum absolute atomic E-state index is 0.191. The van der Waals surface area contributed by atoms with Gasteiger partial charge in [0.2, 0.25) is 0 Å². The second-order valence-corrected chi connectivity index (χ2v) is 8.28. The summed E-state index contributed by atoms with van der Waals surface area (Å²) in [6, 6.07) is 17.7. The average Bonchev–Trinajstić information content (AvgIpc) is 3.20. The van der Waals surface area contributed by atoms with Crippen LogP contribution in [0.25, 0.3) is 16.7 Å². The number of rotatable bonds is 6. The van der Waals surface area contributed by atoms with Gasteiger partial charge in [-0.15, -0.1) is 0 Å². The van der Waals surface area contributed by atoms with E-state index >= 15 is 0 Å². The maximum atomic E-state index is 12.8. The first-order valence-electron chi connectivity index (χ1n) is 10.8. The minimum Gasteiger partial charge on any atom is -0.483 e. The van der Waals surface area contributed by atoms with Crippen molar-refractivity contribution in [2.24, 2.45) is 0 Å². The zero-order chi connectivity index (χ0) is 23.5. The summed E-state index contributed by atoms with van der Waals surface area (Å²) in [4.78, 5) is 17.4. The van der Waals surface area contributed by atoms with Gasteiger partial charge in [-0.2, -0.15) is 15.0 Å². The Kier molecular flexibility index (Phi) is 6.09. The first-order chi connectivity index (χ1) is 15.9. The summed E-state index contributed by atoms with van der Waals surface area (Å²) in [5.74, 6) is 1.34. The van der Waals surface area contributed by atoms with Crippen molar-refractivity contribution in [1.29, 1.82) is 5.26 Å². The molecule has 166 valence electrons. The zero-order valence-electron chi connectivity index (χ0n) is 19.1. The van der Waals surface area contributed by atoms with E-state index in [2.05, 4.69) is 35.3 Å². The maximum Gasteiger partial charge on any atom is 0.263 e. The summed E-state index contributed by atoms with van der Waals surface area (Å²) in [7, 11) is 0. The molecule has 1 N–H and O–H groups in total. The molecule has 2 aromatic heterocycles. The van der Waals surface area contributed by atoms with Crippen molar-refractivity contribution in [3.05, 3.63) is 77.0 Å². The number of ether oxygens (including phenoxy) is 1. The molecular formula is C26H25N5O2. The molecule has 0 bridgehead atoms. The monoisotopic (exact) mass is 439 g/mol. The molecule has 4 aromatic rings. The Balaban J connectivity index is 1.60. The molecule has 0 saturated heterocycles. The van der Waals surface area contributed by atoms with Gasteiger partial charge in [0.1, 0.15) is 17.4 Å². The number of aromatic nitrogens is 3. The van der Waals surface area contributed by atoms with Crippen LogP contribution < -0.4 is 10.1 Å². The highest BCUT2D eigenvalue weighted by atomic mass is 16.5. The lowest BCUT2D eigenvalue weighted by atomic mass is 10.0. The number of anilines is 1. The number of hydrogen-bond acceptors (Lipinski definition) is 5. The van der Waals surface area contributed by atoms with Crippen LogP contribution in [0.2, 0.25) is 0 Å². The van der Waals surface area contributed by atoms with Gasteiger partial charge in [-0.3, -0.25) is 4.79 Å². The third-order valence-electron chi connectivity index (χ3n) is 5.42. The van der Waals surface area contributed by atoms with Crippen molar-refractivity contribution in [1.82, 2.24) is 14.8 Å². The van der Waals surface area contributed by atoms with E-state index < -0.39 is 0 Å². The standard InChI is InChI=1S/C26H25N5O2/c1-16(2)20-10-9-17(3)11-23(20)33-15-25(32)30-26-19(13-27)14-28-31(26)24-12-18(4)21-7-5-6-8-22(21)29-24/h5-12,14,16H,15H2,1-4H3,(H,30,32). The summed E-state index contributed by atoms with van der Waals surface area (Å²) in [6.07, 6.45) is 1.42. The lowest BCUT2D eigenvalue weighted by Crippen LogP contribution is -2.23. The molecule has 0 aliphatic rings. The average molecular weight is 440 g/mol. The van der Waals surface area contributed by atoms with E-state index in [9.17, 15) is 10.1 Å². The number of carbonyl (C=O) groups is 1. The Morgan fingerprint density at radius 3 is 2.73 bits per heavy atom. The van der Waals surface area contributed by atoms with E-state index in [0.29, 0.717) is 11.6 Å². The molecule has 4 rings (SSSR count). The Morgan fingerprint density at radius 2 is 1.97 bits per heavy atom. The molecule has 0 spiro atoms. The van der Waals surface area contributed by atoms with E-state index in [1.807, 2.05) is 62.4 Å². The molecule has 2 heterocycles. The van der Waals surface area contributed by atoms with Crippen molar-refractivity contribution in [3.63, 3.8) is 0 Å². The lowest BCUT2D eigenvalue weighted by Gasteiger charge is -2.15. The first-order valence-corrected chi connectivity index (χ1v) is 10.8. The van der Waals surface area contributed by atoms with Gasteiger partial charge in [-0.05, 0) is 54.7 Å². The van der Waals surface area contributed by atoms with E-state index in [4.69, 9.17) is 4.74 Å². The zero-order valence-corrected chi connectivity index (χ0v) is 19.1. The molecule has 0 unspecified atom stereocenters. The van der Waals surface area contributed by atoms with Crippen molar-refractivity contribution in [2.75, 3.05) is 11.9 Å². The molecule has 0 atom stereocenters. The Labute approximate surface area is 192 Å². The van der Waals surface area contributed by atoms with Crippen LogP contribution in [0.5, 0.6) is 5.75 Å². The summed E-state index contributed by atoms with van der Waals surface area (Å²) >= 11 is 0. The number of pyridine rings is 1. The topological polar surface area (TPSA) is 92.8 Å². The number of hydrogen-bond donors (Lipinski definition) is 1. The van der Waals surface area contributed by atoms with Crippen molar-refractivity contribution < 1.29 is 9.53 Å². The second-order valence-electron chi connectivity index (χ2n) is 8.28. The van der Waals surface area contributed by atoms with Gasteiger partial charge in [0.05, 0.1) is 11.7 Å². The van der Waals surface area contributed by atoms with Crippen molar-refractivity contribution in [2.45, 2.75) is 33.6 Å². The summed E-state index contributed by atoms with van der Waals surface area (Å²) in [6.45, 7) is 7.93. The maximum absolute atomic E-state index is 12.8. The molecule has 0 saturated carbocycles. The smallest absolute Gasteiger partial charge is 0.263 e. The summed E-state index contributed by atoms with van der Waals surface area (Å²) < 4.78 is 7.32. The number of benzene rings is 2. The molecule has 7 heteroatoms. The van der Waals surface area contributed by atoms with Crippen molar-refractivity contribution in [3.8, 4) is 17.6 Å². The second kappa shape index (κ2) is 9.13. The molecule has 0 aliphatic heterocycles. The van der Waals surface area contributed by atoms with Gasteiger partial charge in [0, 0.05) is 5.39 Å². The predicted octanol–water partition coefficient (Wildman–Crippen LogP) is 5.05. The molecule has 2 aromatic carbocycles. The Hall–Kier alpha value is -4.18. The number of fused-ring (bicyclic) bond motifs is 1. The van der Waals surface area contributed by atoms with Crippen LogP contribution in [-0.4, -0.2) is 27.3 Å². The summed E-state index contributed by atoms with van der Waals surface area (Å²) in [5.41, 5.74) is 4.16. The number of carbonyl (C=O) groups excluding carboxylic acids is 1. The largest absolute Gasteiger partial charge is 0.483 e. The number of para-hydroxylation sites is 1. The number of nitrogens with zero attached hydrogens (tertiary/aromatic N) is 4. The highest BCUT2D eigenvalue weighted by molar-refractivity contribution is 5.92. The van der Waals surface area contributed by atoms with Crippen LogP contribution in [0, 0.1) is 25.2 Å². The van der Waals surface area contributed by atoms with E-state index in [1.54, 1.807) is 0 Å². The lowest BCUT2D eigenvalue weighted by molar-refractivity contribution is -0.118. The van der Waals surface area contributed by atoms with Gasteiger partial charge >= 0.3 is 0 Å². The molecule has 33 heavy (non-hydrogen) atoms. The quantitative estimate of drug-likeness (QED) is 0.454. The number of aryl methyl sites for hydroxylation is 2. The van der Waals surface area contributed by atoms with Crippen LogP contribution in [0.1, 0.15) is 42.0 Å². The number of nitrogens with one attached hydrogen (secondary N) is 1. The fourth-order valence-corrected chi connectivity index (χ4v) is 3.72. The van der Waals surface area contributed by atoms with Crippen LogP contribution in [0.15, 0.2) is 54.7 Å². The highest BCUT2D eigenvalue weighted by Gasteiger charge is 2.18. The first kappa shape index (κ1) is 22.0. The van der Waals surface area contributed by atoms with Gasteiger partial charge < -0.3 is 10.1 Å². The molecular weight excluding hydrogens is 414 g/mol.